The molecule has 3 aromatic carbocycles. The zero-order chi connectivity index (χ0) is 41.1. The Hall–Kier alpha value is -5.20. The summed E-state index contributed by atoms with van der Waals surface area (Å²) in [7, 11) is 0. The van der Waals surface area contributed by atoms with E-state index < -0.39 is 77.7 Å². The summed E-state index contributed by atoms with van der Waals surface area (Å²) in [6, 6.07) is 13.3. The monoisotopic (exact) mass is 798 g/mol. The minimum atomic E-state index is -3.11. The van der Waals surface area contributed by atoms with Crippen molar-refractivity contribution in [2.75, 3.05) is 18.2 Å². The van der Waals surface area contributed by atoms with Crippen LogP contribution in [-0.4, -0.2) is 120 Å². The third kappa shape index (κ3) is 6.63. The first kappa shape index (κ1) is 39.6. The molecule has 5 aliphatic rings. The molecule has 3 aliphatic heterocycles. The number of hydrogen-bond donors (Lipinski definition) is 9. The van der Waals surface area contributed by atoms with Gasteiger partial charge in [0.05, 0.1) is 18.0 Å². The molecule has 10 unspecified atom stereocenters. The number of rotatable bonds is 10. The summed E-state index contributed by atoms with van der Waals surface area (Å²) < 4.78 is 10.9. The Labute approximate surface area is 332 Å². The molecule has 1 saturated carbocycles. The van der Waals surface area contributed by atoms with Gasteiger partial charge in [0.25, 0.3) is 5.91 Å². The van der Waals surface area contributed by atoms with E-state index in [-0.39, 0.29) is 29.8 Å². The Morgan fingerprint density at radius 3 is 2.55 bits per heavy atom. The molecule has 10 N–H and O–H groups in total. The minimum Gasteiger partial charge on any atom is -0.508 e. The van der Waals surface area contributed by atoms with E-state index in [2.05, 4.69) is 16.1 Å². The van der Waals surface area contributed by atoms with E-state index in [1.807, 2.05) is 18.2 Å². The third-order valence-electron chi connectivity index (χ3n) is 12.6. The predicted octanol–water partition coefficient (Wildman–Crippen LogP) is 1.23. The van der Waals surface area contributed by atoms with Crippen molar-refractivity contribution in [3.8, 4) is 17.2 Å². The maximum Gasteiger partial charge on any atom is 0.355 e. The summed E-state index contributed by atoms with van der Waals surface area (Å²) in [4.78, 5) is 37.4. The number of aryl methyl sites for hydroxylation is 1. The highest BCUT2D eigenvalue weighted by molar-refractivity contribution is 6.32. The van der Waals surface area contributed by atoms with Gasteiger partial charge in [-0.25, -0.2) is 4.79 Å². The Morgan fingerprint density at radius 1 is 1.02 bits per heavy atom. The van der Waals surface area contributed by atoms with Gasteiger partial charge in [-0.2, -0.15) is 0 Å². The van der Waals surface area contributed by atoms with Crippen molar-refractivity contribution in [2.24, 2.45) is 21.6 Å². The Morgan fingerprint density at radius 2 is 1.81 bits per heavy atom. The first-order chi connectivity index (χ1) is 27.7. The summed E-state index contributed by atoms with van der Waals surface area (Å²) >= 11 is 0. The van der Waals surface area contributed by atoms with Gasteiger partial charge in [0, 0.05) is 47.7 Å². The smallest absolute Gasteiger partial charge is 0.355 e. The molecule has 10 atom stereocenters. The minimum absolute atomic E-state index is 0.0154. The zero-order valence-corrected chi connectivity index (χ0v) is 31.3. The number of carbonyl (C=O) groups is 2. The quantitative estimate of drug-likeness (QED) is 0.103. The SMILES string of the molecule is NC1CCC2CCc3ccccc3C12CC1c2cc(O)c(OC3(O)OC(CO)C(O)C(O)C3O)cc2N(C(=O)C=Cc2ccc(O)c(CC3=NCN=C3)c2)C1C(=O)O. The topological polar surface area (TPSA) is 268 Å². The molecule has 306 valence electrons. The number of aliphatic hydroxyl groups is 5. The number of fused-ring (bicyclic) bond motifs is 4. The first-order valence-electron chi connectivity index (χ1n) is 19.3. The molecule has 2 aliphatic carbocycles. The van der Waals surface area contributed by atoms with E-state index in [0.717, 1.165) is 41.4 Å². The maximum absolute atomic E-state index is 14.5. The van der Waals surface area contributed by atoms with Crippen molar-refractivity contribution < 1.29 is 59.9 Å². The Kier molecular flexibility index (Phi) is 10.4. The molecule has 16 heteroatoms. The predicted molar refractivity (Wildman–Crippen MR) is 209 cm³/mol. The molecule has 58 heavy (non-hydrogen) atoms. The van der Waals surface area contributed by atoms with Crippen LogP contribution in [0.4, 0.5) is 5.69 Å². The summed E-state index contributed by atoms with van der Waals surface area (Å²) in [5, 5.41) is 85.4. The van der Waals surface area contributed by atoms with Crippen LogP contribution < -0.4 is 15.4 Å². The molecule has 0 spiro atoms. The van der Waals surface area contributed by atoms with E-state index >= 15 is 0 Å². The van der Waals surface area contributed by atoms with E-state index in [0.29, 0.717) is 41.9 Å². The number of benzene rings is 3. The molecule has 2 fully saturated rings. The van der Waals surface area contributed by atoms with Gasteiger partial charge in [-0.05, 0) is 84.6 Å². The van der Waals surface area contributed by atoms with Crippen LogP contribution in [0.25, 0.3) is 6.08 Å². The summed E-state index contributed by atoms with van der Waals surface area (Å²) in [6.45, 7) is -0.581. The number of phenols is 2. The lowest BCUT2D eigenvalue weighted by molar-refractivity contribution is -0.422. The van der Waals surface area contributed by atoms with Crippen molar-refractivity contribution in [3.63, 3.8) is 0 Å². The third-order valence-corrected chi connectivity index (χ3v) is 12.6. The number of aliphatic carboxylic acids is 1. The standard InChI is InChI=1S/C42H46N4O12/c43-34-11-9-24-8-7-22-3-1-2-4-28(22)41(24,34)17-27-26-15-31(49)32(57-42(56)39(53)38(52)37(51)33(19-47)58-42)16-29(26)46(36(27)40(54)55)35(50)12-6-21-5-10-30(48)23(13-21)14-25-18-44-20-45-25/h1-6,10,12-13,15-16,18,24,27,33-34,36-39,47-49,51-53,56H,7-9,11,14,17,19-20,43H2,(H,54,55). The van der Waals surface area contributed by atoms with Gasteiger partial charge < -0.3 is 56.1 Å². The summed E-state index contributed by atoms with van der Waals surface area (Å²) in [6.07, 6.45) is 0.298. The number of carboxylic acid groups (broad SMARTS) is 1. The second kappa shape index (κ2) is 15.2. The van der Waals surface area contributed by atoms with Crippen LogP contribution in [0.3, 0.4) is 0 Å². The van der Waals surface area contributed by atoms with Gasteiger partial charge >= 0.3 is 11.9 Å². The van der Waals surface area contributed by atoms with Crippen LogP contribution in [0, 0.1) is 5.92 Å². The van der Waals surface area contributed by atoms with E-state index in [4.69, 9.17) is 15.2 Å². The highest BCUT2D eigenvalue weighted by atomic mass is 16.8. The van der Waals surface area contributed by atoms with E-state index in [1.54, 1.807) is 18.3 Å². The number of aromatic hydroxyl groups is 2. The number of aliphatic hydroxyl groups excluding tert-OH is 4. The zero-order valence-electron chi connectivity index (χ0n) is 31.3. The molecular formula is C42H46N4O12. The number of carbonyl (C=O) groups excluding carboxylic acids is 1. The van der Waals surface area contributed by atoms with E-state index in [1.165, 1.54) is 24.3 Å². The second-order valence-electron chi connectivity index (χ2n) is 15.8. The average Bonchev–Trinajstić information content (AvgIpc) is 3.92. The van der Waals surface area contributed by atoms with Gasteiger partial charge in [-0.3, -0.25) is 19.7 Å². The molecule has 1 saturated heterocycles. The Balaban J connectivity index is 1.21. The number of nitrogens with zero attached hydrogens (tertiary/aromatic N) is 3. The molecule has 3 heterocycles. The van der Waals surface area contributed by atoms with Crippen LogP contribution in [0.5, 0.6) is 17.2 Å². The van der Waals surface area contributed by atoms with Crippen LogP contribution >= 0.6 is 0 Å². The fraction of sp³-hybridized carbons (Fsp3) is 0.429. The fourth-order valence-electron chi connectivity index (χ4n) is 9.84. The first-order valence-corrected chi connectivity index (χ1v) is 19.3. The number of aliphatic imine (C=N–C) groups is 2. The molecule has 0 bridgehead atoms. The molecule has 16 nitrogen and oxygen atoms in total. The number of hydrogen-bond acceptors (Lipinski definition) is 14. The van der Waals surface area contributed by atoms with Crippen LogP contribution in [0.2, 0.25) is 0 Å². The summed E-state index contributed by atoms with van der Waals surface area (Å²) in [5.41, 5.74) is 10.6. The molecule has 0 radical (unpaired) electrons. The van der Waals surface area contributed by atoms with Crippen molar-refractivity contribution in [2.45, 2.75) is 92.3 Å². The number of nitrogens with two attached hydrogens (primary N) is 1. The van der Waals surface area contributed by atoms with Gasteiger partial charge in [-0.15, -0.1) is 0 Å². The molecule has 1 amide bonds. The largest absolute Gasteiger partial charge is 0.508 e. The van der Waals surface area contributed by atoms with Crippen molar-refractivity contribution in [1.29, 1.82) is 0 Å². The second-order valence-corrected chi connectivity index (χ2v) is 15.8. The molecular weight excluding hydrogens is 752 g/mol. The van der Waals surface area contributed by atoms with Gasteiger partial charge in [-0.1, -0.05) is 30.3 Å². The van der Waals surface area contributed by atoms with Gasteiger partial charge in [0.1, 0.15) is 36.8 Å². The molecule has 0 aromatic heterocycles. The lowest BCUT2D eigenvalue weighted by Gasteiger charge is -2.46. The highest BCUT2D eigenvalue weighted by Gasteiger charge is 2.58. The molecule has 3 aromatic rings. The van der Waals surface area contributed by atoms with Crippen LogP contribution in [0.1, 0.15) is 59.4 Å². The number of carboxylic acids is 1. The van der Waals surface area contributed by atoms with Crippen molar-refractivity contribution >= 4 is 35.6 Å². The van der Waals surface area contributed by atoms with Gasteiger partial charge in [0.15, 0.2) is 17.6 Å². The van der Waals surface area contributed by atoms with Crippen molar-refractivity contribution in [1.82, 2.24) is 0 Å². The average molecular weight is 799 g/mol. The number of amides is 1. The van der Waals surface area contributed by atoms with Crippen LogP contribution in [-0.2, 0) is 32.6 Å². The Bertz CT molecular complexity index is 2210. The lowest BCUT2D eigenvalue weighted by Crippen LogP contribution is -2.67. The van der Waals surface area contributed by atoms with Crippen LogP contribution in [0.15, 0.2) is 70.7 Å². The maximum atomic E-state index is 14.5. The molecule has 8 rings (SSSR count). The van der Waals surface area contributed by atoms with Crippen molar-refractivity contribution in [3.05, 3.63) is 88.5 Å². The summed E-state index contributed by atoms with van der Waals surface area (Å²) in [5.74, 6) is -7.14. The normalized spacial score (nSPS) is 32.5. The number of ether oxygens (including phenoxy) is 2. The fourth-order valence-corrected chi connectivity index (χ4v) is 9.84. The highest BCUT2D eigenvalue weighted by Crippen LogP contribution is 2.59. The number of phenolic OH excluding ortho intramolecular Hbond substituents is 2. The number of anilines is 1. The lowest BCUT2D eigenvalue weighted by atomic mass is 9.59. The van der Waals surface area contributed by atoms with E-state index in [9.17, 15) is 50.4 Å². The van der Waals surface area contributed by atoms with Gasteiger partial charge in [0.2, 0.25) is 0 Å².